The molecule has 0 saturated heterocycles. The molecule has 0 heterocycles. The minimum Gasteiger partial charge on any atom is -0.486 e. The molecule has 0 N–H and O–H groups in total. The Hall–Kier alpha value is -1.90. The molecule has 2 aliphatic rings. The van der Waals surface area contributed by atoms with Crippen molar-refractivity contribution in [2.75, 3.05) is 6.61 Å². The Bertz CT molecular complexity index is 903. The van der Waals surface area contributed by atoms with Gasteiger partial charge in [0.25, 0.3) is 0 Å². The van der Waals surface area contributed by atoms with Gasteiger partial charge in [0.1, 0.15) is 6.61 Å². The summed E-state index contributed by atoms with van der Waals surface area (Å²) in [6.07, 6.45) is 14.0. The van der Waals surface area contributed by atoms with Crippen molar-refractivity contribution >= 4 is 10.8 Å². The van der Waals surface area contributed by atoms with Crippen LogP contribution in [-0.2, 0) is 0 Å². The molecule has 0 bridgehead atoms. The molecule has 0 spiro atoms. The fourth-order valence-corrected chi connectivity index (χ4v) is 5.87. The smallest absolute Gasteiger partial charge is 0.201 e. The van der Waals surface area contributed by atoms with Gasteiger partial charge in [-0.15, -0.1) is 0 Å². The van der Waals surface area contributed by atoms with Crippen LogP contribution in [0.2, 0.25) is 0 Å². The van der Waals surface area contributed by atoms with E-state index in [9.17, 15) is 8.78 Å². The molecule has 2 fully saturated rings. The fourth-order valence-electron chi connectivity index (χ4n) is 5.87. The number of hydrogen-bond acceptors (Lipinski definition) is 1. The highest BCUT2D eigenvalue weighted by atomic mass is 19.2. The second-order valence-electron chi connectivity index (χ2n) is 9.36. The second-order valence-corrected chi connectivity index (χ2v) is 9.36. The van der Waals surface area contributed by atoms with Crippen LogP contribution in [0.3, 0.4) is 0 Å². The Morgan fingerprint density at radius 2 is 1.80 bits per heavy atom. The molecule has 3 heteroatoms. The third-order valence-electron chi connectivity index (χ3n) is 7.47. The molecule has 162 valence electrons. The summed E-state index contributed by atoms with van der Waals surface area (Å²) in [6.45, 7) is 4.40. The van der Waals surface area contributed by atoms with Gasteiger partial charge in [0.15, 0.2) is 11.6 Å². The van der Waals surface area contributed by atoms with Crippen molar-refractivity contribution in [3.8, 4) is 5.75 Å². The molecule has 2 aliphatic carbocycles. The minimum atomic E-state index is -0.887. The van der Waals surface area contributed by atoms with Crippen molar-refractivity contribution in [1.29, 1.82) is 0 Å². The maximum absolute atomic E-state index is 14.8. The van der Waals surface area contributed by atoms with E-state index in [1.165, 1.54) is 51.4 Å². The number of ether oxygens (including phenoxy) is 1. The Kier molecular flexibility index (Phi) is 6.75. The lowest BCUT2D eigenvalue weighted by atomic mass is 9.63. The van der Waals surface area contributed by atoms with Crippen molar-refractivity contribution in [3.05, 3.63) is 53.6 Å². The summed E-state index contributed by atoms with van der Waals surface area (Å²) >= 11 is 0. The molecule has 0 aromatic heterocycles. The fraction of sp³-hybridized carbons (Fsp3) is 0.556. The number of benzene rings is 2. The van der Waals surface area contributed by atoms with Gasteiger partial charge < -0.3 is 4.74 Å². The molecule has 2 aromatic carbocycles. The number of rotatable bonds is 6. The first-order valence-electron chi connectivity index (χ1n) is 11.8. The third-order valence-corrected chi connectivity index (χ3v) is 7.47. The summed E-state index contributed by atoms with van der Waals surface area (Å²) in [5.41, 5.74) is 1.16. The van der Waals surface area contributed by atoms with Gasteiger partial charge in [0.05, 0.1) is 0 Å². The zero-order valence-electron chi connectivity index (χ0n) is 18.3. The lowest BCUT2D eigenvalue weighted by Crippen LogP contribution is -2.30. The summed E-state index contributed by atoms with van der Waals surface area (Å²) in [7, 11) is 0. The van der Waals surface area contributed by atoms with E-state index in [1.54, 1.807) is 12.1 Å². The van der Waals surface area contributed by atoms with Crippen LogP contribution >= 0.6 is 0 Å². The van der Waals surface area contributed by atoms with Gasteiger partial charge in [-0.3, -0.25) is 0 Å². The standard InChI is InChI=1S/C27H34F2O/c1-3-5-13-30-25-17-23-12-11-22(16-24(23)26(28)27(25)29)21-10-9-19-14-18(6-4-2)7-8-20(19)15-21/h3,5,11-12,16-21H,4,6-10,13-15H2,1-2H3/b5-3+/t18?,19-,20?,21-/m1/s1. The second kappa shape index (κ2) is 9.49. The van der Waals surface area contributed by atoms with Crippen LogP contribution in [0, 0.1) is 29.4 Å². The highest BCUT2D eigenvalue weighted by Gasteiger charge is 2.35. The largest absolute Gasteiger partial charge is 0.486 e. The molecule has 0 aliphatic heterocycles. The quantitative estimate of drug-likeness (QED) is 0.435. The Balaban J connectivity index is 1.51. The van der Waals surface area contributed by atoms with Crippen LogP contribution in [0.15, 0.2) is 36.4 Å². The minimum absolute atomic E-state index is 0.0183. The Morgan fingerprint density at radius 3 is 2.60 bits per heavy atom. The first kappa shape index (κ1) is 21.3. The molecule has 1 nitrogen and oxygen atoms in total. The number of allylic oxidation sites excluding steroid dienone is 1. The van der Waals surface area contributed by atoms with Crippen molar-refractivity contribution < 1.29 is 13.5 Å². The van der Waals surface area contributed by atoms with Gasteiger partial charge in [-0.25, -0.2) is 4.39 Å². The Labute approximate surface area is 179 Å². The van der Waals surface area contributed by atoms with Crippen LogP contribution in [0.1, 0.15) is 76.7 Å². The average molecular weight is 413 g/mol. The molecule has 4 rings (SSSR count). The summed E-state index contributed by atoms with van der Waals surface area (Å²) in [6, 6.07) is 7.55. The Morgan fingerprint density at radius 1 is 1.00 bits per heavy atom. The highest BCUT2D eigenvalue weighted by Crippen LogP contribution is 2.48. The van der Waals surface area contributed by atoms with Gasteiger partial charge in [-0.05, 0) is 85.8 Å². The molecule has 4 atom stereocenters. The van der Waals surface area contributed by atoms with Gasteiger partial charge in [0.2, 0.25) is 5.82 Å². The molecule has 0 radical (unpaired) electrons. The first-order chi connectivity index (χ1) is 14.6. The predicted octanol–water partition coefficient (Wildman–Crippen LogP) is 8.17. The monoisotopic (exact) mass is 412 g/mol. The topological polar surface area (TPSA) is 9.23 Å². The van der Waals surface area contributed by atoms with Gasteiger partial charge in [-0.2, -0.15) is 4.39 Å². The maximum Gasteiger partial charge on any atom is 0.201 e. The molecular weight excluding hydrogens is 378 g/mol. The molecule has 2 aromatic rings. The summed E-state index contributed by atoms with van der Waals surface area (Å²) in [5, 5.41) is 1.07. The van der Waals surface area contributed by atoms with Crippen molar-refractivity contribution in [3.63, 3.8) is 0 Å². The SMILES string of the molecule is C/C=C/COc1cc2ccc([C@@H]3CC[C@@H]4CC(CCC)CCC4C3)cc2c(F)c1F. The number of halogens is 2. The zero-order chi connectivity index (χ0) is 21.1. The molecule has 30 heavy (non-hydrogen) atoms. The molecular formula is C27H34F2O. The zero-order valence-corrected chi connectivity index (χ0v) is 18.3. The van der Waals surface area contributed by atoms with Gasteiger partial charge in [0, 0.05) is 5.39 Å². The van der Waals surface area contributed by atoms with E-state index >= 15 is 0 Å². The van der Waals surface area contributed by atoms with Crippen LogP contribution < -0.4 is 4.74 Å². The first-order valence-corrected chi connectivity index (χ1v) is 11.8. The lowest BCUT2D eigenvalue weighted by Gasteiger charge is -2.42. The van der Waals surface area contributed by atoms with Crippen LogP contribution in [0.4, 0.5) is 8.78 Å². The summed E-state index contributed by atoms with van der Waals surface area (Å²) in [4.78, 5) is 0. The van der Waals surface area contributed by atoms with E-state index < -0.39 is 11.6 Å². The van der Waals surface area contributed by atoms with Crippen LogP contribution in [0.25, 0.3) is 10.8 Å². The van der Waals surface area contributed by atoms with E-state index in [-0.39, 0.29) is 12.4 Å². The lowest BCUT2D eigenvalue weighted by molar-refractivity contribution is 0.114. The summed E-state index contributed by atoms with van der Waals surface area (Å²) in [5.74, 6) is 1.37. The van der Waals surface area contributed by atoms with Crippen molar-refractivity contribution in [1.82, 2.24) is 0 Å². The predicted molar refractivity (Wildman–Crippen MR) is 120 cm³/mol. The van der Waals surface area contributed by atoms with Crippen molar-refractivity contribution in [2.45, 2.75) is 71.1 Å². The molecule has 2 saturated carbocycles. The van der Waals surface area contributed by atoms with Crippen LogP contribution in [-0.4, -0.2) is 6.61 Å². The number of fused-ring (bicyclic) bond motifs is 2. The number of hydrogen-bond donors (Lipinski definition) is 0. The van der Waals surface area contributed by atoms with E-state index in [4.69, 9.17) is 4.74 Å². The third kappa shape index (κ3) is 4.40. The molecule has 0 amide bonds. The molecule has 2 unspecified atom stereocenters. The van der Waals surface area contributed by atoms with Gasteiger partial charge >= 0.3 is 0 Å². The average Bonchev–Trinajstić information content (AvgIpc) is 2.77. The highest BCUT2D eigenvalue weighted by molar-refractivity contribution is 5.85. The summed E-state index contributed by atoms with van der Waals surface area (Å²) < 4.78 is 34.8. The van der Waals surface area contributed by atoms with E-state index in [2.05, 4.69) is 13.0 Å². The normalized spacial score (nSPS) is 26.8. The van der Waals surface area contributed by atoms with Gasteiger partial charge in [-0.1, -0.05) is 50.5 Å². The maximum atomic E-state index is 14.8. The van der Waals surface area contributed by atoms with Crippen LogP contribution in [0.5, 0.6) is 5.75 Å². The van der Waals surface area contributed by atoms with E-state index in [0.717, 1.165) is 23.3 Å². The van der Waals surface area contributed by atoms with E-state index in [1.807, 2.05) is 25.1 Å². The van der Waals surface area contributed by atoms with E-state index in [0.29, 0.717) is 16.7 Å². The van der Waals surface area contributed by atoms with Crippen molar-refractivity contribution in [2.24, 2.45) is 17.8 Å².